The summed E-state index contributed by atoms with van der Waals surface area (Å²) in [6, 6.07) is 21.1. The Morgan fingerprint density at radius 3 is 1.95 bits per heavy atom. The van der Waals surface area contributed by atoms with Crippen LogP contribution in [-0.4, -0.2) is 12.5 Å². The van der Waals surface area contributed by atoms with Crippen LogP contribution < -0.4 is 5.32 Å². The normalized spacial score (nSPS) is 14.6. The highest BCUT2D eigenvalue weighted by atomic mass is 16.1. The van der Waals surface area contributed by atoms with Gasteiger partial charge in [0.2, 0.25) is 5.91 Å². The van der Waals surface area contributed by atoms with Crippen LogP contribution in [0.4, 0.5) is 0 Å². The maximum atomic E-state index is 12.0. The molecule has 0 unspecified atom stereocenters. The van der Waals surface area contributed by atoms with Gasteiger partial charge in [-0.15, -0.1) is 0 Å². The SMILES string of the molecule is O=C(NCCC(c1ccccc1)c1ccccc1)C1CCC1. The first-order chi connectivity index (χ1) is 10.8. The third kappa shape index (κ3) is 3.56. The summed E-state index contributed by atoms with van der Waals surface area (Å²) in [5.41, 5.74) is 2.62. The fourth-order valence-electron chi connectivity index (χ4n) is 3.05. The van der Waals surface area contributed by atoms with E-state index < -0.39 is 0 Å². The van der Waals surface area contributed by atoms with Crippen LogP contribution in [0.5, 0.6) is 0 Å². The topological polar surface area (TPSA) is 29.1 Å². The van der Waals surface area contributed by atoms with E-state index in [9.17, 15) is 4.79 Å². The van der Waals surface area contributed by atoms with Gasteiger partial charge in [-0.25, -0.2) is 0 Å². The molecule has 0 aromatic heterocycles. The van der Waals surface area contributed by atoms with Crippen molar-refractivity contribution < 1.29 is 4.79 Å². The van der Waals surface area contributed by atoms with Crippen molar-refractivity contribution in [3.63, 3.8) is 0 Å². The molecule has 114 valence electrons. The highest BCUT2D eigenvalue weighted by molar-refractivity contribution is 5.79. The number of carbonyl (C=O) groups excluding carboxylic acids is 1. The predicted octanol–water partition coefficient (Wildman–Crippen LogP) is 4.12. The molecule has 0 atom stereocenters. The molecule has 0 aliphatic heterocycles. The van der Waals surface area contributed by atoms with Crippen molar-refractivity contribution in [2.24, 2.45) is 5.92 Å². The van der Waals surface area contributed by atoms with Crippen LogP contribution >= 0.6 is 0 Å². The van der Waals surface area contributed by atoms with Crippen LogP contribution in [0.15, 0.2) is 60.7 Å². The summed E-state index contributed by atoms with van der Waals surface area (Å²) in [5, 5.41) is 3.12. The van der Waals surface area contributed by atoms with E-state index in [0.717, 1.165) is 25.8 Å². The van der Waals surface area contributed by atoms with Crippen LogP contribution in [0.2, 0.25) is 0 Å². The third-order valence-corrected chi connectivity index (χ3v) is 4.61. The second kappa shape index (κ2) is 7.26. The number of nitrogens with one attached hydrogen (secondary N) is 1. The number of rotatable bonds is 6. The zero-order chi connectivity index (χ0) is 15.2. The molecule has 0 spiro atoms. The Labute approximate surface area is 132 Å². The molecule has 2 nitrogen and oxygen atoms in total. The largest absolute Gasteiger partial charge is 0.356 e. The fraction of sp³-hybridized carbons (Fsp3) is 0.350. The molecule has 0 radical (unpaired) electrons. The van der Waals surface area contributed by atoms with Crippen molar-refractivity contribution in [1.29, 1.82) is 0 Å². The first-order valence-corrected chi connectivity index (χ1v) is 8.22. The van der Waals surface area contributed by atoms with E-state index in [0.29, 0.717) is 5.92 Å². The van der Waals surface area contributed by atoms with Crippen molar-refractivity contribution >= 4 is 5.91 Å². The monoisotopic (exact) mass is 293 g/mol. The first-order valence-electron chi connectivity index (χ1n) is 8.22. The number of benzene rings is 2. The van der Waals surface area contributed by atoms with Gasteiger partial charge in [0.05, 0.1) is 0 Å². The lowest BCUT2D eigenvalue weighted by molar-refractivity contribution is -0.127. The Morgan fingerprint density at radius 2 is 1.50 bits per heavy atom. The molecular formula is C20H23NO. The van der Waals surface area contributed by atoms with Gasteiger partial charge in [-0.2, -0.15) is 0 Å². The molecule has 2 heteroatoms. The van der Waals surface area contributed by atoms with Gasteiger partial charge in [0.1, 0.15) is 0 Å². The molecule has 1 fully saturated rings. The van der Waals surface area contributed by atoms with Crippen LogP contribution in [0.1, 0.15) is 42.7 Å². The molecule has 1 aliphatic carbocycles. The molecule has 1 N–H and O–H groups in total. The molecule has 0 bridgehead atoms. The van der Waals surface area contributed by atoms with E-state index in [1.165, 1.54) is 17.5 Å². The smallest absolute Gasteiger partial charge is 0.223 e. The van der Waals surface area contributed by atoms with Crippen molar-refractivity contribution in [1.82, 2.24) is 5.32 Å². The second-order valence-electron chi connectivity index (χ2n) is 6.08. The van der Waals surface area contributed by atoms with Crippen molar-refractivity contribution in [2.45, 2.75) is 31.6 Å². The maximum Gasteiger partial charge on any atom is 0.223 e. The van der Waals surface area contributed by atoms with E-state index >= 15 is 0 Å². The summed E-state index contributed by atoms with van der Waals surface area (Å²) >= 11 is 0. The average Bonchev–Trinajstić information content (AvgIpc) is 2.51. The van der Waals surface area contributed by atoms with Gasteiger partial charge >= 0.3 is 0 Å². The third-order valence-electron chi connectivity index (χ3n) is 4.61. The summed E-state index contributed by atoms with van der Waals surface area (Å²) in [7, 11) is 0. The van der Waals surface area contributed by atoms with Gasteiger partial charge in [0.15, 0.2) is 0 Å². The summed E-state index contributed by atoms with van der Waals surface area (Å²) in [4.78, 5) is 12.0. The average molecular weight is 293 g/mol. The van der Waals surface area contributed by atoms with Crippen LogP contribution in [-0.2, 0) is 4.79 Å². The highest BCUT2D eigenvalue weighted by Gasteiger charge is 2.25. The zero-order valence-electron chi connectivity index (χ0n) is 12.9. The number of amides is 1. The van der Waals surface area contributed by atoms with Crippen LogP contribution in [0.25, 0.3) is 0 Å². The standard InChI is InChI=1S/C20H23NO/c22-20(18-12-7-13-18)21-15-14-19(16-8-3-1-4-9-16)17-10-5-2-6-11-17/h1-6,8-11,18-19H,7,12-15H2,(H,21,22). The molecule has 1 aliphatic rings. The van der Waals surface area contributed by atoms with Gasteiger partial charge in [-0.3, -0.25) is 4.79 Å². The lowest BCUT2D eigenvalue weighted by atomic mass is 9.84. The van der Waals surface area contributed by atoms with E-state index in [1.54, 1.807) is 0 Å². The molecule has 0 heterocycles. The number of carbonyl (C=O) groups is 1. The molecular weight excluding hydrogens is 270 g/mol. The molecule has 1 saturated carbocycles. The van der Waals surface area contributed by atoms with E-state index in [-0.39, 0.29) is 11.8 Å². The molecule has 0 saturated heterocycles. The summed E-state index contributed by atoms with van der Waals surface area (Å²) in [6.45, 7) is 0.740. The Balaban J connectivity index is 1.65. The lowest BCUT2D eigenvalue weighted by Crippen LogP contribution is -2.35. The van der Waals surface area contributed by atoms with E-state index in [4.69, 9.17) is 0 Å². The highest BCUT2D eigenvalue weighted by Crippen LogP contribution is 2.28. The zero-order valence-corrected chi connectivity index (χ0v) is 12.9. The van der Waals surface area contributed by atoms with Gasteiger partial charge in [0, 0.05) is 18.4 Å². The molecule has 22 heavy (non-hydrogen) atoms. The number of hydrogen-bond donors (Lipinski definition) is 1. The summed E-state index contributed by atoms with van der Waals surface area (Å²) in [6.07, 6.45) is 4.26. The first kappa shape index (κ1) is 14.8. The quantitative estimate of drug-likeness (QED) is 0.852. The fourth-order valence-corrected chi connectivity index (χ4v) is 3.05. The minimum absolute atomic E-state index is 0.242. The molecule has 2 aromatic rings. The lowest BCUT2D eigenvalue weighted by Gasteiger charge is -2.25. The number of hydrogen-bond acceptors (Lipinski definition) is 1. The van der Waals surface area contributed by atoms with Gasteiger partial charge in [-0.1, -0.05) is 67.1 Å². The second-order valence-corrected chi connectivity index (χ2v) is 6.08. The molecule has 2 aromatic carbocycles. The Morgan fingerprint density at radius 1 is 0.955 bits per heavy atom. The van der Waals surface area contributed by atoms with Crippen molar-refractivity contribution in [2.75, 3.05) is 6.54 Å². The Kier molecular flexibility index (Phi) is 4.89. The van der Waals surface area contributed by atoms with Gasteiger partial charge < -0.3 is 5.32 Å². The summed E-state index contributed by atoms with van der Waals surface area (Å²) in [5.74, 6) is 0.849. The van der Waals surface area contributed by atoms with Crippen LogP contribution in [0, 0.1) is 5.92 Å². The predicted molar refractivity (Wildman–Crippen MR) is 89.7 cm³/mol. The van der Waals surface area contributed by atoms with E-state index in [1.807, 2.05) is 12.1 Å². The Hall–Kier alpha value is -2.09. The van der Waals surface area contributed by atoms with Gasteiger partial charge in [-0.05, 0) is 30.4 Å². The van der Waals surface area contributed by atoms with Crippen molar-refractivity contribution in [3.05, 3.63) is 71.8 Å². The van der Waals surface area contributed by atoms with Crippen molar-refractivity contribution in [3.8, 4) is 0 Å². The maximum absolute atomic E-state index is 12.0. The minimum Gasteiger partial charge on any atom is -0.356 e. The summed E-state index contributed by atoms with van der Waals surface area (Å²) < 4.78 is 0. The molecule has 1 amide bonds. The van der Waals surface area contributed by atoms with E-state index in [2.05, 4.69) is 53.8 Å². The molecule has 3 rings (SSSR count). The Bertz CT molecular complexity index is 550. The van der Waals surface area contributed by atoms with Crippen LogP contribution in [0.3, 0.4) is 0 Å². The van der Waals surface area contributed by atoms with Gasteiger partial charge in [0.25, 0.3) is 0 Å². The minimum atomic E-state index is 0.242.